The van der Waals surface area contributed by atoms with Crippen LogP contribution in [0.2, 0.25) is 0 Å². The SMILES string of the molecule is Cc1cc2nc(SCC(=O)N[C@H](C)CCc3ccccc3)n(C)c(=O)c2[nH]1. The van der Waals surface area contributed by atoms with Crippen molar-refractivity contribution >= 4 is 28.7 Å². The summed E-state index contributed by atoms with van der Waals surface area (Å²) < 4.78 is 1.48. The normalized spacial score (nSPS) is 12.3. The van der Waals surface area contributed by atoms with Crippen molar-refractivity contribution in [3.8, 4) is 0 Å². The number of amides is 1. The number of fused-ring (bicyclic) bond motifs is 1. The molecule has 3 aromatic rings. The van der Waals surface area contributed by atoms with E-state index in [1.807, 2.05) is 38.1 Å². The number of aromatic amines is 1. The summed E-state index contributed by atoms with van der Waals surface area (Å²) in [7, 11) is 1.67. The van der Waals surface area contributed by atoms with Crippen LogP contribution in [0, 0.1) is 6.92 Å². The number of carbonyl (C=O) groups is 1. The molecular weight excluding hydrogens is 360 g/mol. The second-order valence-corrected chi connectivity index (χ2v) is 7.70. The number of rotatable bonds is 7. The van der Waals surface area contributed by atoms with Gasteiger partial charge in [0.15, 0.2) is 5.16 Å². The number of thioether (sulfide) groups is 1. The lowest BCUT2D eigenvalue weighted by molar-refractivity contribution is -0.119. The summed E-state index contributed by atoms with van der Waals surface area (Å²) in [5, 5.41) is 3.55. The molecule has 1 atom stereocenters. The lowest BCUT2D eigenvalue weighted by atomic mass is 10.1. The number of H-pyrrole nitrogens is 1. The third-order valence-corrected chi connectivity index (χ3v) is 5.43. The van der Waals surface area contributed by atoms with Gasteiger partial charge in [-0.3, -0.25) is 14.2 Å². The molecule has 2 heterocycles. The van der Waals surface area contributed by atoms with E-state index in [2.05, 4.69) is 27.4 Å². The number of aromatic nitrogens is 3. The van der Waals surface area contributed by atoms with Crippen molar-refractivity contribution in [2.45, 2.75) is 37.9 Å². The molecule has 1 amide bonds. The summed E-state index contributed by atoms with van der Waals surface area (Å²) in [5.74, 6) is 0.172. The zero-order valence-electron chi connectivity index (χ0n) is 15.8. The van der Waals surface area contributed by atoms with Crippen molar-refractivity contribution in [1.82, 2.24) is 19.9 Å². The molecule has 0 bridgehead atoms. The number of hydrogen-bond acceptors (Lipinski definition) is 4. The van der Waals surface area contributed by atoms with Crippen LogP contribution < -0.4 is 10.9 Å². The first-order valence-corrected chi connectivity index (χ1v) is 9.95. The van der Waals surface area contributed by atoms with Gasteiger partial charge in [0.25, 0.3) is 5.56 Å². The molecule has 6 nitrogen and oxygen atoms in total. The molecule has 0 saturated heterocycles. The average Bonchev–Trinajstić information content (AvgIpc) is 3.03. The first-order valence-electron chi connectivity index (χ1n) is 8.96. The van der Waals surface area contributed by atoms with E-state index in [1.165, 1.54) is 21.9 Å². The van der Waals surface area contributed by atoms with Crippen LogP contribution in [-0.4, -0.2) is 32.2 Å². The van der Waals surface area contributed by atoms with Gasteiger partial charge in [-0.1, -0.05) is 42.1 Å². The molecule has 0 unspecified atom stereocenters. The van der Waals surface area contributed by atoms with Crippen LogP contribution in [-0.2, 0) is 18.3 Å². The van der Waals surface area contributed by atoms with Gasteiger partial charge in [-0.15, -0.1) is 0 Å². The first kappa shape index (κ1) is 19.2. The number of aryl methyl sites for hydroxylation is 2. The summed E-state index contributed by atoms with van der Waals surface area (Å²) in [6.07, 6.45) is 1.81. The highest BCUT2D eigenvalue weighted by atomic mass is 32.2. The lowest BCUT2D eigenvalue weighted by Crippen LogP contribution is -2.34. The Morgan fingerprint density at radius 2 is 2.07 bits per heavy atom. The molecule has 7 heteroatoms. The highest BCUT2D eigenvalue weighted by Gasteiger charge is 2.13. The van der Waals surface area contributed by atoms with Gasteiger partial charge >= 0.3 is 0 Å². The van der Waals surface area contributed by atoms with Gasteiger partial charge in [-0.25, -0.2) is 4.98 Å². The monoisotopic (exact) mass is 384 g/mol. The van der Waals surface area contributed by atoms with Gasteiger partial charge in [-0.2, -0.15) is 0 Å². The molecule has 0 fully saturated rings. The van der Waals surface area contributed by atoms with E-state index in [9.17, 15) is 9.59 Å². The second kappa shape index (κ2) is 8.43. The quantitative estimate of drug-likeness (QED) is 0.485. The van der Waals surface area contributed by atoms with E-state index in [0.29, 0.717) is 16.2 Å². The lowest BCUT2D eigenvalue weighted by Gasteiger charge is -2.14. The fourth-order valence-corrected chi connectivity index (χ4v) is 3.72. The Morgan fingerprint density at radius 3 is 2.81 bits per heavy atom. The standard InChI is InChI=1S/C20H24N4O2S/c1-13(9-10-15-7-5-4-6-8-15)21-17(25)12-27-20-23-16-11-14(2)22-18(16)19(26)24(20)3/h4-8,11,13,22H,9-10,12H2,1-3H3,(H,21,25)/t13-/m1/s1. The maximum Gasteiger partial charge on any atom is 0.278 e. The maximum absolute atomic E-state index is 12.4. The molecule has 2 N–H and O–H groups in total. The summed E-state index contributed by atoms with van der Waals surface area (Å²) in [4.78, 5) is 32.2. The van der Waals surface area contributed by atoms with Crippen LogP contribution in [0.4, 0.5) is 0 Å². The van der Waals surface area contributed by atoms with Gasteiger partial charge in [0, 0.05) is 18.8 Å². The Hall–Kier alpha value is -2.54. The number of nitrogens with one attached hydrogen (secondary N) is 2. The van der Waals surface area contributed by atoms with Crippen molar-refractivity contribution in [3.05, 3.63) is 58.0 Å². The van der Waals surface area contributed by atoms with Crippen molar-refractivity contribution in [2.75, 3.05) is 5.75 Å². The fraction of sp³-hybridized carbons (Fsp3) is 0.350. The van der Waals surface area contributed by atoms with Crippen LogP contribution in [0.1, 0.15) is 24.6 Å². The first-order chi connectivity index (χ1) is 12.9. The van der Waals surface area contributed by atoms with E-state index >= 15 is 0 Å². The van der Waals surface area contributed by atoms with Gasteiger partial charge in [0.1, 0.15) is 5.52 Å². The van der Waals surface area contributed by atoms with E-state index in [-0.39, 0.29) is 23.3 Å². The highest BCUT2D eigenvalue weighted by Crippen LogP contribution is 2.17. The van der Waals surface area contributed by atoms with Crippen molar-refractivity contribution in [3.63, 3.8) is 0 Å². The Kier molecular flexibility index (Phi) is 6.01. The zero-order chi connectivity index (χ0) is 19.4. The second-order valence-electron chi connectivity index (χ2n) is 6.75. The van der Waals surface area contributed by atoms with Crippen molar-refractivity contribution in [1.29, 1.82) is 0 Å². The van der Waals surface area contributed by atoms with Crippen molar-refractivity contribution < 1.29 is 4.79 Å². The Balaban J connectivity index is 1.55. The van der Waals surface area contributed by atoms with E-state index in [0.717, 1.165) is 18.5 Å². The summed E-state index contributed by atoms with van der Waals surface area (Å²) in [6, 6.07) is 12.2. The molecule has 0 saturated carbocycles. The summed E-state index contributed by atoms with van der Waals surface area (Å²) >= 11 is 1.28. The Labute approximate surface area is 162 Å². The van der Waals surface area contributed by atoms with E-state index in [1.54, 1.807) is 7.05 Å². The van der Waals surface area contributed by atoms with Crippen LogP contribution in [0.25, 0.3) is 11.0 Å². The summed E-state index contributed by atoms with van der Waals surface area (Å²) in [5.41, 5.74) is 3.16. The van der Waals surface area contributed by atoms with Crippen LogP contribution in [0.3, 0.4) is 0 Å². The molecule has 0 aliphatic heterocycles. The highest BCUT2D eigenvalue weighted by molar-refractivity contribution is 7.99. The number of carbonyl (C=O) groups excluding carboxylic acids is 1. The molecule has 0 radical (unpaired) electrons. The zero-order valence-corrected chi connectivity index (χ0v) is 16.6. The van der Waals surface area contributed by atoms with Crippen molar-refractivity contribution in [2.24, 2.45) is 7.05 Å². The summed E-state index contributed by atoms with van der Waals surface area (Å²) in [6.45, 7) is 3.90. The van der Waals surface area contributed by atoms with E-state index in [4.69, 9.17) is 0 Å². The predicted octanol–water partition coefficient (Wildman–Crippen LogP) is 2.80. The molecular formula is C20H24N4O2S. The molecule has 3 rings (SSSR count). The molecule has 2 aromatic heterocycles. The molecule has 27 heavy (non-hydrogen) atoms. The number of benzene rings is 1. The Morgan fingerprint density at radius 1 is 1.33 bits per heavy atom. The molecule has 0 spiro atoms. The van der Waals surface area contributed by atoms with Gasteiger partial charge < -0.3 is 10.3 Å². The average molecular weight is 385 g/mol. The number of nitrogens with zero attached hydrogens (tertiary/aromatic N) is 2. The van der Waals surface area contributed by atoms with Gasteiger partial charge in [0.2, 0.25) is 5.91 Å². The molecule has 0 aliphatic rings. The fourth-order valence-electron chi connectivity index (χ4n) is 2.93. The Bertz CT molecular complexity index is 994. The topological polar surface area (TPSA) is 79.8 Å². The third kappa shape index (κ3) is 4.80. The molecule has 0 aliphatic carbocycles. The van der Waals surface area contributed by atoms with Gasteiger partial charge in [-0.05, 0) is 38.3 Å². The minimum atomic E-state index is -0.132. The maximum atomic E-state index is 12.4. The van der Waals surface area contributed by atoms with Gasteiger partial charge in [0.05, 0.1) is 11.3 Å². The van der Waals surface area contributed by atoms with Crippen LogP contribution >= 0.6 is 11.8 Å². The minimum Gasteiger partial charge on any atom is -0.353 e. The largest absolute Gasteiger partial charge is 0.353 e. The smallest absolute Gasteiger partial charge is 0.278 e. The molecule has 1 aromatic carbocycles. The van der Waals surface area contributed by atoms with E-state index < -0.39 is 0 Å². The predicted molar refractivity (Wildman–Crippen MR) is 109 cm³/mol. The molecule has 142 valence electrons. The van der Waals surface area contributed by atoms with Crippen LogP contribution in [0.5, 0.6) is 0 Å². The number of hydrogen-bond donors (Lipinski definition) is 2. The minimum absolute atomic E-state index is 0.0554. The van der Waals surface area contributed by atoms with Crippen LogP contribution in [0.15, 0.2) is 46.3 Å². The third-order valence-electron chi connectivity index (χ3n) is 4.40.